The number of thiazole rings is 1. The lowest BCUT2D eigenvalue weighted by Gasteiger charge is -2.18. The van der Waals surface area contributed by atoms with E-state index in [1.807, 2.05) is 5.51 Å². The first-order valence-corrected chi connectivity index (χ1v) is 8.59. The molecule has 1 atom stereocenters. The van der Waals surface area contributed by atoms with Gasteiger partial charge in [0.25, 0.3) is 0 Å². The largest absolute Gasteiger partial charge is 0.493 e. The van der Waals surface area contributed by atoms with Crippen LogP contribution >= 0.6 is 27.3 Å². The van der Waals surface area contributed by atoms with E-state index in [4.69, 9.17) is 4.74 Å². The van der Waals surface area contributed by atoms with E-state index in [0.29, 0.717) is 6.04 Å². The van der Waals surface area contributed by atoms with Crippen LogP contribution < -0.4 is 10.1 Å². The van der Waals surface area contributed by atoms with E-state index >= 15 is 0 Å². The second-order valence-electron chi connectivity index (χ2n) is 4.91. The summed E-state index contributed by atoms with van der Waals surface area (Å²) >= 11 is 5.16. The first-order chi connectivity index (χ1) is 9.83. The molecule has 2 aromatic rings. The van der Waals surface area contributed by atoms with Crippen LogP contribution in [0.3, 0.4) is 0 Å². The summed E-state index contributed by atoms with van der Waals surface area (Å²) < 4.78 is 6.90. The van der Waals surface area contributed by atoms with Crippen LogP contribution in [0.1, 0.15) is 30.1 Å². The molecule has 3 nitrogen and oxygen atoms in total. The predicted molar refractivity (Wildman–Crippen MR) is 85.4 cm³/mol. The van der Waals surface area contributed by atoms with Gasteiger partial charge in [0.1, 0.15) is 5.75 Å². The van der Waals surface area contributed by atoms with Gasteiger partial charge < -0.3 is 10.1 Å². The molecule has 3 rings (SSSR count). The Morgan fingerprint density at radius 3 is 3.25 bits per heavy atom. The Morgan fingerprint density at radius 1 is 1.45 bits per heavy atom. The number of nitrogens with zero attached hydrogens (tertiary/aromatic N) is 1. The number of fused-ring (bicyclic) bond motifs is 1. The molecule has 0 saturated carbocycles. The molecule has 0 saturated heterocycles. The minimum atomic E-state index is 0.374. The number of benzene rings is 1. The highest BCUT2D eigenvalue weighted by Crippen LogP contribution is 2.33. The summed E-state index contributed by atoms with van der Waals surface area (Å²) in [4.78, 5) is 4.32. The van der Waals surface area contributed by atoms with Crippen molar-refractivity contribution in [1.82, 2.24) is 10.3 Å². The fraction of sp³-hybridized carbons (Fsp3) is 0.400. The number of hydrogen-bond acceptors (Lipinski definition) is 4. The maximum Gasteiger partial charge on any atom is 0.125 e. The zero-order valence-corrected chi connectivity index (χ0v) is 13.5. The average molecular weight is 353 g/mol. The van der Waals surface area contributed by atoms with E-state index in [9.17, 15) is 0 Å². The lowest BCUT2D eigenvalue weighted by atomic mass is 10.0. The van der Waals surface area contributed by atoms with Crippen molar-refractivity contribution >= 4 is 27.3 Å². The second kappa shape index (κ2) is 6.70. The lowest BCUT2D eigenvalue weighted by molar-refractivity contribution is 0.315. The van der Waals surface area contributed by atoms with Crippen LogP contribution in [0.15, 0.2) is 33.6 Å². The van der Waals surface area contributed by atoms with Gasteiger partial charge in [-0.2, -0.15) is 0 Å². The molecule has 1 unspecified atom stereocenters. The second-order valence-corrected chi connectivity index (χ2v) is 6.54. The number of hydrogen-bond donors (Lipinski definition) is 1. The standard InChI is InChI=1S/C15H17BrN2OS/c16-11-3-4-13-14(2-1-7-19-15(13)8-11)17-6-5-12-9-20-10-18-12/h3-4,8-10,14,17H,1-2,5-7H2. The highest BCUT2D eigenvalue weighted by molar-refractivity contribution is 9.10. The van der Waals surface area contributed by atoms with Crippen LogP contribution in [0.25, 0.3) is 0 Å². The molecule has 1 N–H and O–H groups in total. The smallest absolute Gasteiger partial charge is 0.125 e. The van der Waals surface area contributed by atoms with Gasteiger partial charge in [0.15, 0.2) is 0 Å². The van der Waals surface area contributed by atoms with Gasteiger partial charge in [0, 0.05) is 34.4 Å². The molecule has 5 heteroatoms. The van der Waals surface area contributed by atoms with Gasteiger partial charge in [-0.1, -0.05) is 22.0 Å². The summed E-state index contributed by atoms with van der Waals surface area (Å²) in [6.07, 6.45) is 3.18. The third-order valence-electron chi connectivity index (χ3n) is 3.50. The van der Waals surface area contributed by atoms with Crippen LogP contribution in [-0.2, 0) is 6.42 Å². The van der Waals surface area contributed by atoms with Crippen LogP contribution in [0.2, 0.25) is 0 Å². The average Bonchev–Trinajstić information content (AvgIpc) is 2.87. The highest BCUT2D eigenvalue weighted by atomic mass is 79.9. The summed E-state index contributed by atoms with van der Waals surface area (Å²) in [5.74, 6) is 1.00. The summed E-state index contributed by atoms with van der Waals surface area (Å²) in [6, 6.07) is 6.68. The van der Waals surface area contributed by atoms with Crippen molar-refractivity contribution in [2.75, 3.05) is 13.2 Å². The van der Waals surface area contributed by atoms with E-state index in [2.05, 4.69) is 49.8 Å². The number of rotatable bonds is 4. The minimum Gasteiger partial charge on any atom is -0.493 e. The monoisotopic (exact) mass is 352 g/mol. The Morgan fingerprint density at radius 2 is 2.40 bits per heavy atom. The molecule has 2 heterocycles. The van der Waals surface area contributed by atoms with Crippen LogP contribution in [0.5, 0.6) is 5.75 Å². The molecule has 1 aliphatic heterocycles. The fourth-order valence-corrected chi connectivity index (χ4v) is 3.43. The van der Waals surface area contributed by atoms with E-state index in [1.54, 1.807) is 11.3 Å². The van der Waals surface area contributed by atoms with E-state index in [1.165, 1.54) is 11.3 Å². The lowest BCUT2D eigenvalue weighted by Crippen LogP contribution is -2.23. The third kappa shape index (κ3) is 3.40. The summed E-state index contributed by atoms with van der Waals surface area (Å²) in [5, 5.41) is 5.76. The molecule has 0 aliphatic carbocycles. The molecular formula is C15H17BrN2OS. The molecular weight excluding hydrogens is 336 g/mol. The summed E-state index contributed by atoms with van der Waals surface area (Å²) in [7, 11) is 0. The Balaban J connectivity index is 1.67. The van der Waals surface area contributed by atoms with Crippen molar-refractivity contribution in [1.29, 1.82) is 0 Å². The quantitative estimate of drug-likeness (QED) is 0.904. The molecule has 0 spiro atoms. The zero-order valence-electron chi connectivity index (χ0n) is 11.1. The van der Waals surface area contributed by atoms with Gasteiger partial charge >= 0.3 is 0 Å². The van der Waals surface area contributed by atoms with Crippen LogP contribution in [0.4, 0.5) is 0 Å². The van der Waals surface area contributed by atoms with E-state index < -0.39 is 0 Å². The highest BCUT2D eigenvalue weighted by Gasteiger charge is 2.19. The van der Waals surface area contributed by atoms with Gasteiger partial charge in [-0.3, -0.25) is 0 Å². The van der Waals surface area contributed by atoms with Gasteiger partial charge in [-0.05, 0) is 25.0 Å². The molecule has 0 bridgehead atoms. The Kier molecular flexibility index (Phi) is 4.70. The Bertz CT molecular complexity index is 559. The normalized spacial score (nSPS) is 18.1. The molecule has 1 aromatic heterocycles. The van der Waals surface area contributed by atoms with Gasteiger partial charge in [-0.25, -0.2) is 4.98 Å². The summed E-state index contributed by atoms with van der Waals surface area (Å²) in [6.45, 7) is 1.75. The van der Waals surface area contributed by atoms with Crippen molar-refractivity contribution in [2.45, 2.75) is 25.3 Å². The zero-order chi connectivity index (χ0) is 13.8. The SMILES string of the molecule is Brc1ccc2c(c1)OCCCC2NCCc1cscn1. The minimum absolute atomic E-state index is 0.374. The number of ether oxygens (including phenoxy) is 1. The van der Waals surface area contributed by atoms with Crippen LogP contribution in [-0.4, -0.2) is 18.1 Å². The summed E-state index contributed by atoms with van der Waals surface area (Å²) in [5.41, 5.74) is 4.33. The molecule has 106 valence electrons. The van der Waals surface area contributed by atoms with E-state index in [-0.39, 0.29) is 0 Å². The third-order valence-corrected chi connectivity index (χ3v) is 4.63. The van der Waals surface area contributed by atoms with Crippen molar-refractivity contribution in [3.63, 3.8) is 0 Å². The number of halogens is 1. The molecule has 1 aromatic carbocycles. The number of nitrogens with one attached hydrogen (secondary N) is 1. The van der Waals surface area contributed by atoms with Crippen molar-refractivity contribution < 1.29 is 4.74 Å². The van der Waals surface area contributed by atoms with Crippen molar-refractivity contribution in [3.8, 4) is 5.75 Å². The van der Waals surface area contributed by atoms with Crippen molar-refractivity contribution in [2.24, 2.45) is 0 Å². The maximum atomic E-state index is 5.83. The molecule has 20 heavy (non-hydrogen) atoms. The fourth-order valence-electron chi connectivity index (χ4n) is 2.49. The molecule has 0 fully saturated rings. The molecule has 0 amide bonds. The molecule has 0 radical (unpaired) electrons. The van der Waals surface area contributed by atoms with Gasteiger partial charge in [0.05, 0.1) is 17.8 Å². The maximum absolute atomic E-state index is 5.83. The Hall–Kier alpha value is -0.910. The van der Waals surface area contributed by atoms with E-state index in [0.717, 1.165) is 42.6 Å². The first kappa shape index (κ1) is 14.0. The van der Waals surface area contributed by atoms with Gasteiger partial charge in [-0.15, -0.1) is 11.3 Å². The topological polar surface area (TPSA) is 34.1 Å². The van der Waals surface area contributed by atoms with Crippen LogP contribution in [0, 0.1) is 0 Å². The first-order valence-electron chi connectivity index (χ1n) is 6.85. The number of aromatic nitrogens is 1. The van der Waals surface area contributed by atoms with Crippen molar-refractivity contribution in [3.05, 3.63) is 44.8 Å². The van der Waals surface area contributed by atoms with Gasteiger partial charge in [0.2, 0.25) is 0 Å². The Labute approximate surface area is 131 Å². The molecule has 1 aliphatic rings. The predicted octanol–water partition coefficient (Wildman–Crippen LogP) is 3.95.